The molecule has 0 aromatic heterocycles. The molecule has 1 rings (SSSR count). The topological polar surface area (TPSA) is 38.3 Å². The molecule has 0 radical (unpaired) electrons. The second-order valence-electron chi connectivity index (χ2n) is 4.02. The van der Waals surface area contributed by atoms with Crippen molar-refractivity contribution in [3.05, 3.63) is 11.6 Å². The van der Waals surface area contributed by atoms with Gasteiger partial charge in [-0.25, -0.2) is 0 Å². The van der Waals surface area contributed by atoms with Crippen LogP contribution in [0.1, 0.15) is 26.7 Å². The van der Waals surface area contributed by atoms with Gasteiger partial charge in [-0.2, -0.15) is 0 Å². The van der Waals surface area contributed by atoms with Crippen LogP contribution in [0.5, 0.6) is 0 Å². The quantitative estimate of drug-likeness (QED) is 0.696. The fraction of sp³-hybridized carbons (Fsp3) is 0.727. The van der Waals surface area contributed by atoms with Crippen LogP contribution in [0.3, 0.4) is 0 Å². The fourth-order valence-electron chi connectivity index (χ4n) is 1.51. The Balaban J connectivity index is 2.19. The molecule has 14 heavy (non-hydrogen) atoms. The summed E-state index contributed by atoms with van der Waals surface area (Å²) >= 11 is 0. The van der Waals surface area contributed by atoms with Gasteiger partial charge in [0, 0.05) is 25.8 Å². The van der Waals surface area contributed by atoms with Crippen molar-refractivity contribution in [1.29, 1.82) is 0 Å². The lowest BCUT2D eigenvalue weighted by molar-refractivity contribution is -0.116. The number of rotatable bonds is 3. The molecule has 0 saturated carbocycles. The van der Waals surface area contributed by atoms with Crippen molar-refractivity contribution in [2.45, 2.75) is 26.7 Å². The maximum absolute atomic E-state index is 11.3. The Hall–Kier alpha value is -0.830. The Labute approximate surface area is 85.5 Å². The van der Waals surface area contributed by atoms with Crippen LogP contribution < -0.4 is 5.32 Å². The zero-order chi connectivity index (χ0) is 10.4. The molecular formula is C11H19NO2. The van der Waals surface area contributed by atoms with Crippen molar-refractivity contribution in [1.82, 2.24) is 5.32 Å². The predicted octanol–water partition coefficient (Wildman–Crippen LogP) is 1.50. The van der Waals surface area contributed by atoms with Crippen molar-refractivity contribution in [3.63, 3.8) is 0 Å². The lowest BCUT2D eigenvalue weighted by Crippen LogP contribution is -2.31. The highest BCUT2D eigenvalue weighted by Crippen LogP contribution is 2.12. The Morgan fingerprint density at radius 2 is 2.07 bits per heavy atom. The lowest BCUT2D eigenvalue weighted by atomic mass is 10.0. The normalized spacial score (nSPS) is 17.6. The third-order valence-corrected chi connectivity index (χ3v) is 2.33. The van der Waals surface area contributed by atoms with Gasteiger partial charge in [-0.05, 0) is 32.6 Å². The van der Waals surface area contributed by atoms with Crippen molar-refractivity contribution < 1.29 is 9.53 Å². The van der Waals surface area contributed by atoms with E-state index in [4.69, 9.17) is 4.74 Å². The molecule has 1 fully saturated rings. The third-order valence-electron chi connectivity index (χ3n) is 2.33. The van der Waals surface area contributed by atoms with Crippen LogP contribution in [-0.2, 0) is 9.53 Å². The molecule has 0 unspecified atom stereocenters. The van der Waals surface area contributed by atoms with Gasteiger partial charge in [-0.1, -0.05) is 5.57 Å². The summed E-state index contributed by atoms with van der Waals surface area (Å²) in [5.41, 5.74) is 1.04. The van der Waals surface area contributed by atoms with E-state index in [1.807, 2.05) is 13.8 Å². The van der Waals surface area contributed by atoms with Gasteiger partial charge in [0.25, 0.3) is 0 Å². The van der Waals surface area contributed by atoms with Crippen LogP contribution in [-0.4, -0.2) is 25.7 Å². The molecule has 0 spiro atoms. The molecule has 0 aromatic rings. The van der Waals surface area contributed by atoms with Crippen molar-refractivity contribution >= 4 is 5.91 Å². The monoisotopic (exact) mass is 197 g/mol. The lowest BCUT2D eigenvalue weighted by Gasteiger charge is -2.21. The minimum Gasteiger partial charge on any atom is -0.381 e. The molecule has 1 heterocycles. The van der Waals surface area contributed by atoms with Crippen LogP contribution in [0.25, 0.3) is 0 Å². The first-order chi connectivity index (χ1) is 6.68. The van der Waals surface area contributed by atoms with Gasteiger partial charge in [0.1, 0.15) is 0 Å². The minimum absolute atomic E-state index is 0.0245. The summed E-state index contributed by atoms with van der Waals surface area (Å²) in [7, 11) is 0. The zero-order valence-corrected chi connectivity index (χ0v) is 9.01. The smallest absolute Gasteiger partial charge is 0.243 e. The Morgan fingerprint density at radius 3 is 2.64 bits per heavy atom. The molecule has 0 atom stereocenters. The summed E-state index contributed by atoms with van der Waals surface area (Å²) in [6, 6.07) is 0. The Bertz CT molecular complexity index is 213. The molecule has 0 aromatic carbocycles. The number of hydrogen-bond acceptors (Lipinski definition) is 2. The number of carbonyl (C=O) groups is 1. The van der Waals surface area contributed by atoms with Gasteiger partial charge in [0.15, 0.2) is 0 Å². The summed E-state index contributed by atoms with van der Waals surface area (Å²) < 4.78 is 5.25. The largest absolute Gasteiger partial charge is 0.381 e. The van der Waals surface area contributed by atoms with E-state index >= 15 is 0 Å². The van der Waals surface area contributed by atoms with Gasteiger partial charge in [-0.3, -0.25) is 4.79 Å². The van der Waals surface area contributed by atoms with Crippen molar-refractivity contribution in [2.24, 2.45) is 5.92 Å². The number of nitrogens with one attached hydrogen (secondary N) is 1. The van der Waals surface area contributed by atoms with E-state index in [-0.39, 0.29) is 5.91 Å². The van der Waals surface area contributed by atoms with Crippen LogP contribution in [0.2, 0.25) is 0 Å². The molecular weight excluding hydrogens is 178 g/mol. The Morgan fingerprint density at radius 1 is 1.43 bits per heavy atom. The van der Waals surface area contributed by atoms with E-state index in [0.717, 1.165) is 38.2 Å². The summed E-state index contributed by atoms with van der Waals surface area (Å²) in [6.45, 7) is 6.31. The van der Waals surface area contributed by atoms with Crippen LogP contribution in [0.15, 0.2) is 11.6 Å². The minimum atomic E-state index is 0.0245. The molecule has 1 aliphatic heterocycles. The second kappa shape index (κ2) is 5.81. The molecule has 1 N–H and O–H groups in total. The average Bonchev–Trinajstić information content (AvgIpc) is 2.15. The highest BCUT2D eigenvalue weighted by molar-refractivity contribution is 5.87. The molecule has 0 bridgehead atoms. The van der Waals surface area contributed by atoms with E-state index in [1.54, 1.807) is 6.08 Å². The van der Waals surface area contributed by atoms with Gasteiger partial charge in [-0.15, -0.1) is 0 Å². The van der Waals surface area contributed by atoms with E-state index in [1.165, 1.54) is 0 Å². The van der Waals surface area contributed by atoms with Crippen molar-refractivity contribution in [2.75, 3.05) is 19.8 Å². The Kier molecular flexibility index (Phi) is 4.66. The van der Waals surface area contributed by atoms with Gasteiger partial charge in [0.2, 0.25) is 5.91 Å². The van der Waals surface area contributed by atoms with Crippen LogP contribution in [0, 0.1) is 5.92 Å². The standard InChI is InChI=1S/C11H19NO2/c1-9(2)7-11(13)12-8-10-3-5-14-6-4-10/h7,10H,3-6,8H2,1-2H3,(H,12,13). The summed E-state index contributed by atoms with van der Waals surface area (Å²) in [4.78, 5) is 11.3. The number of allylic oxidation sites excluding steroid dienone is 1. The maximum atomic E-state index is 11.3. The van der Waals surface area contributed by atoms with E-state index in [2.05, 4.69) is 5.32 Å². The summed E-state index contributed by atoms with van der Waals surface area (Å²) in [6.07, 6.45) is 3.77. The number of amides is 1. The second-order valence-corrected chi connectivity index (χ2v) is 4.02. The molecule has 1 aliphatic rings. The molecule has 80 valence electrons. The maximum Gasteiger partial charge on any atom is 0.243 e. The fourth-order valence-corrected chi connectivity index (χ4v) is 1.51. The molecule has 1 amide bonds. The SMILES string of the molecule is CC(C)=CC(=O)NCC1CCOCC1. The first-order valence-corrected chi connectivity index (χ1v) is 5.19. The van der Waals surface area contributed by atoms with Gasteiger partial charge in [0.05, 0.1) is 0 Å². The number of ether oxygens (including phenoxy) is 1. The zero-order valence-electron chi connectivity index (χ0n) is 9.01. The molecule has 3 nitrogen and oxygen atoms in total. The van der Waals surface area contributed by atoms with Crippen molar-refractivity contribution in [3.8, 4) is 0 Å². The number of carbonyl (C=O) groups excluding carboxylic acids is 1. The first kappa shape index (κ1) is 11.2. The summed E-state index contributed by atoms with van der Waals surface area (Å²) in [5.74, 6) is 0.620. The van der Waals surface area contributed by atoms with E-state index in [9.17, 15) is 4.79 Å². The van der Waals surface area contributed by atoms with Crippen LogP contribution in [0.4, 0.5) is 0 Å². The molecule has 1 saturated heterocycles. The van der Waals surface area contributed by atoms with E-state index < -0.39 is 0 Å². The average molecular weight is 197 g/mol. The first-order valence-electron chi connectivity index (χ1n) is 5.19. The highest BCUT2D eigenvalue weighted by atomic mass is 16.5. The van der Waals surface area contributed by atoms with Crippen LogP contribution >= 0.6 is 0 Å². The highest BCUT2D eigenvalue weighted by Gasteiger charge is 2.13. The summed E-state index contributed by atoms with van der Waals surface area (Å²) in [5, 5.41) is 2.91. The molecule has 0 aliphatic carbocycles. The predicted molar refractivity (Wildman–Crippen MR) is 56.0 cm³/mol. The van der Waals surface area contributed by atoms with Gasteiger partial charge < -0.3 is 10.1 Å². The molecule has 3 heteroatoms. The third kappa shape index (κ3) is 4.42. The number of hydrogen-bond donors (Lipinski definition) is 1. The van der Waals surface area contributed by atoms with E-state index in [0.29, 0.717) is 5.92 Å². The van der Waals surface area contributed by atoms with Gasteiger partial charge >= 0.3 is 0 Å².